The van der Waals surface area contributed by atoms with E-state index in [0.29, 0.717) is 12.8 Å². The van der Waals surface area contributed by atoms with Crippen molar-refractivity contribution in [3.63, 3.8) is 0 Å². The first-order valence-corrected chi connectivity index (χ1v) is 14.9. The van der Waals surface area contributed by atoms with E-state index in [0.717, 1.165) is 0 Å². The summed E-state index contributed by atoms with van der Waals surface area (Å²) in [5, 5.41) is 42.7. The van der Waals surface area contributed by atoms with E-state index in [9.17, 15) is 20.4 Å². The van der Waals surface area contributed by atoms with Gasteiger partial charge in [0.2, 0.25) is 0 Å². The molecule has 0 saturated carbocycles. The normalized spacial score (nSPS) is 49.5. The maximum atomic E-state index is 11.2. The van der Waals surface area contributed by atoms with Crippen LogP contribution in [0.15, 0.2) is 12.3 Å². The quantitative estimate of drug-likeness (QED) is 0.249. The molecule has 0 aromatic heterocycles. The van der Waals surface area contributed by atoms with Crippen LogP contribution < -0.4 is 0 Å². The highest BCUT2D eigenvalue weighted by Crippen LogP contribution is 2.36. The van der Waals surface area contributed by atoms with E-state index in [2.05, 4.69) is 6.58 Å². The fourth-order valence-electron chi connectivity index (χ4n) is 6.30. The zero-order valence-electron chi connectivity index (χ0n) is 26.0. The zero-order chi connectivity index (χ0) is 31.6. The van der Waals surface area contributed by atoms with Gasteiger partial charge in [0.05, 0.1) is 37.1 Å². The third kappa shape index (κ3) is 7.71. The predicted molar refractivity (Wildman–Crippen MR) is 148 cm³/mol. The minimum Gasteiger partial charge on any atom is -0.510 e. The van der Waals surface area contributed by atoms with E-state index in [4.69, 9.17) is 47.4 Å². The molecule has 0 aromatic rings. The van der Waals surface area contributed by atoms with Crippen LogP contribution in [0.4, 0.5) is 0 Å². The lowest BCUT2D eigenvalue weighted by Crippen LogP contribution is -2.63. The van der Waals surface area contributed by atoms with Crippen LogP contribution in [0.3, 0.4) is 0 Å². The van der Waals surface area contributed by atoms with Gasteiger partial charge in [-0.15, -0.1) is 0 Å². The van der Waals surface area contributed by atoms with Crippen LogP contribution in [0.1, 0.15) is 40.5 Å². The molecule has 0 aromatic carbocycles. The summed E-state index contributed by atoms with van der Waals surface area (Å²) in [6.45, 7) is 11.1. The molecule has 43 heavy (non-hydrogen) atoms. The molecule has 17 atom stereocenters. The zero-order valence-corrected chi connectivity index (χ0v) is 26.0. The van der Waals surface area contributed by atoms with Crippen molar-refractivity contribution in [1.82, 2.24) is 0 Å². The van der Waals surface area contributed by atoms with Gasteiger partial charge in [-0.25, -0.2) is 0 Å². The van der Waals surface area contributed by atoms with Crippen molar-refractivity contribution in [2.24, 2.45) is 11.8 Å². The number of aliphatic hydroxyl groups excluding tert-OH is 4. The van der Waals surface area contributed by atoms with Crippen molar-refractivity contribution in [1.29, 1.82) is 0 Å². The maximum Gasteiger partial charge on any atom is 0.187 e. The van der Waals surface area contributed by atoms with Gasteiger partial charge in [0, 0.05) is 39.6 Å². The molecule has 14 nitrogen and oxygen atoms in total. The lowest BCUT2D eigenvalue weighted by molar-refractivity contribution is -0.362. The number of hydrogen-bond donors (Lipinski definition) is 4. The number of hydrogen-bond acceptors (Lipinski definition) is 14. The van der Waals surface area contributed by atoms with Crippen LogP contribution in [-0.4, -0.2) is 141 Å². The third-order valence-electron chi connectivity index (χ3n) is 8.89. The van der Waals surface area contributed by atoms with Crippen LogP contribution in [0.5, 0.6) is 0 Å². The highest BCUT2D eigenvalue weighted by molar-refractivity contribution is 5.04. The minimum atomic E-state index is -1.54. The van der Waals surface area contributed by atoms with E-state index in [1.807, 2.05) is 13.8 Å². The Kier molecular flexibility index (Phi) is 12.2. The summed E-state index contributed by atoms with van der Waals surface area (Å²) in [6, 6.07) is 0. The fraction of sp³-hybridized carbons (Fsp3) is 0.931. The number of methoxy groups -OCH3 is 3. The Balaban J connectivity index is 1.37. The monoisotopic (exact) mass is 622 g/mol. The minimum absolute atomic E-state index is 0.156. The standard InChI is InChI=1S/C29H50O14/c1-12-9-17(40-28-19(34-6)10-18(31)15(4)38-28)11-37-26(12)43-25-20(32)21(33)29(41-23(25)14(3)30)42-24-16(5)39-27(36-8)13(2)22(24)35-7/h12-13,15-33H,3,9-11H2,1-2,4-8H3/t12?,13?,15?,16?,17-,18?,19?,20-,21?,22-,23?,24+,25-,26+,27-,28+,29+/m1/s1. The Morgan fingerprint density at radius 3 is 1.98 bits per heavy atom. The van der Waals surface area contributed by atoms with Crippen LogP contribution in [-0.2, 0) is 47.4 Å². The lowest BCUT2D eigenvalue weighted by Gasteiger charge is -2.48. The molecule has 4 aliphatic heterocycles. The molecule has 250 valence electrons. The molecule has 0 spiro atoms. The molecule has 8 unspecified atom stereocenters. The number of ether oxygens (including phenoxy) is 10. The van der Waals surface area contributed by atoms with Crippen LogP contribution in [0.25, 0.3) is 0 Å². The first-order chi connectivity index (χ1) is 20.4. The first kappa shape index (κ1) is 34.9. The lowest BCUT2D eigenvalue weighted by atomic mass is 9.92. The Bertz CT molecular complexity index is 893. The molecule has 4 rings (SSSR count). The third-order valence-corrected chi connectivity index (χ3v) is 8.89. The first-order valence-electron chi connectivity index (χ1n) is 14.9. The molecule has 4 saturated heterocycles. The second kappa shape index (κ2) is 15.1. The summed E-state index contributed by atoms with van der Waals surface area (Å²) >= 11 is 0. The molecule has 4 N–H and O–H groups in total. The summed E-state index contributed by atoms with van der Waals surface area (Å²) in [4.78, 5) is 0. The van der Waals surface area contributed by atoms with Crippen LogP contribution in [0.2, 0.25) is 0 Å². The number of aliphatic hydroxyl groups is 4. The Morgan fingerprint density at radius 2 is 1.37 bits per heavy atom. The molecule has 0 aliphatic carbocycles. The largest absolute Gasteiger partial charge is 0.510 e. The van der Waals surface area contributed by atoms with E-state index in [1.54, 1.807) is 35.2 Å². The molecule has 14 heteroatoms. The van der Waals surface area contributed by atoms with Crippen molar-refractivity contribution >= 4 is 0 Å². The van der Waals surface area contributed by atoms with Gasteiger partial charge in [0.25, 0.3) is 0 Å². The van der Waals surface area contributed by atoms with Crippen molar-refractivity contribution in [2.45, 2.75) is 133 Å². The average Bonchev–Trinajstić information content (AvgIpc) is 2.97. The Hall–Kier alpha value is -0.980. The second-order valence-corrected chi connectivity index (χ2v) is 12.1. The summed E-state index contributed by atoms with van der Waals surface area (Å²) in [7, 11) is 4.63. The molecule has 0 radical (unpaired) electrons. The van der Waals surface area contributed by atoms with Gasteiger partial charge in [-0.1, -0.05) is 20.4 Å². The van der Waals surface area contributed by atoms with Crippen LogP contribution >= 0.6 is 0 Å². The van der Waals surface area contributed by atoms with Gasteiger partial charge < -0.3 is 67.8 Å². The molecule has 0 bridgehead atoms. The molecule has 4 aliphatic rings. The average molecular weight is 623 g/mol. The Labute approximate surface area is 253 Å². The predicted octanol–water partition coefficient (Wildman–Crippen LogP) is 0.596. The van der Waals surface area contributed by atoms with Gasteiger partial charge in [-0.3, -0.25) is 0 Å². The Morgan fingerprint density at radius 1 is 0.698 bits per heavy atom. The molecular weight excluding hydrogens is 572 g/mol. The highest BCUT2D eigenvalue weighted by atomic mass is 16.8. The van der Waals surface area contributed by atoms with Gasteiger partial charge >= 0.3 is 0 Å². The molecule has 4 fully saturated rings. The summed E-state index contributed by atoms with van der Waals surface area (Å²) in [6.07, 6.45) is -11.4. The molecular formula is C29H50O14. The highest BCUT2D eigenvalue weighted by Gasteiger charge is 2.52. The van der Waals surface area contributed by atoms with E-state index in [1.165, 1.54) is 0 Å². The van der Waals surface area contributed by atoms with Crippen molar-refractivity contribution in [3.05, 3.63) is 12.3 Å². The van der Waals surface area contributed by atoms with Crippen LogP contribution in [0, 0.1) is 11.8 Å². The van der Waals surface area contributed by atoms with E-state index >= 15 is 0 Å². The number of rotatable bonds is 10. The SMILES string of the molecule is C=C(O)C1O[C@@H](O[C@H]2C(C)O[C@@H](OC)C(C)[C@H]2OC)C(O)[C@@H](O)[C@H]1O[C@@H]1OC[C@H](O[C@@H]2OC(C)C(O)CC2OC)CC1C. The summed E-state index contributed by atoms with van der Waals surface area (Å²) in [5.74, 6) is -0.829. The summed E-state index contributed by atoms with van der Waals surface area (Å²) < 4.78 is 58.6. The van der Waals surface area contributed by atoms with Gasteiger partial charge in [-0.2, -0.15) is 0 Å². The topological polar surface area (TPSA) is 173 Å². The van der Waals surface area contributed by atoms with E-state index < -0.39 is 92.0 Å². The van der Waals surface area contributed by atoms with Crippen molar-refractivity contribution in [3.8, 4) is 0 Å². The van der Waals surface area contributed by atoms with Crippen molar-refractivity contribution < 1.29 is 67.8 Å². The van der Waals surface area contributed by atoms with Gasteiger partial charge in [0.1, 0.15) is 42.4 Å². The summed E-state index contributed by atoms with van der Waals surface area (Å²) in [5.41, 5.74) is 0. The van der Waals surface area contributed by atoms with Crippen molar-refractivity contribution in [2.75, 3.05) is 27.9 Å². The van der Waals surface area contributed by atoms with Gasteiger partial charge in [-0.05, 0) is 20.3 Å². The second-order valence-electron chi connectivity index (χ2n) is 12.1. The molecule has 0 amide bonds. The fourth-order valence-corrected chi connectivity index (χ4v) is 6.30. The maximum absolute atomic E-state index is 11.2. The molecule has 4 heterocycles. The smallest absolute Gasteiger partial charge is 0.187 e. The van der Waals surface area contributed by atoms with E-state index in [-0.39, 0.29) is 24.5 Å². The van der Waals surface area contributed by atoms with Gasteiger partial charge in [0.15, 0.2) is 25.2 Å².